The molecule has 1 aromatic carbocycles. The van der Waals surface area contributed by atoms with Crippen molar-refractivity contribution in [3.05, 3.63) is 46.2 Å². The molecule has 0 saturated carbocycles. The van der Waals surface area contributed by atoms with Crippen molar-refractivity contribution < 1.29 is 4.79 Å². The highest BCUT2D eigenvalue weighted by Gasteiger charge is 2.24. The summed E-state index contributed by atoms with van der Waals surface area (Å²) in [6, 6.07) is 7.79. The lowest BCUT2D eigenvalue weighted by atomic mass is 10.0. The zero-order valence-electron chi connectivity index (χ0n) is 14.6. The molecule has 1 aliphatic rings. The third kappa shape index (κ3) is 4.02. The predicted octanol–water partition coefficient (Wildman–Crippen LogP) is 3.05. The highest BCUT2D eigenvalue weighted by atomic mass is 35.5. The van der Waals surface area contributed by atoms with Crippen molar-refractivity contribution >= 4 is 17.5 Å². The average Bonchev–Trinajstić information content (AvgIpc) is 3.02. The minimum Gasteiger partial charge on any atom is -0.344 e. The number of amides is 1. The molecule has 134 valence electrons. The normalized spacial score (nSPS) is 16.6. The molecule has 3 rings (SSSR count). The van der Waals surface area contributed by atoms with Crippen LogP contribution in [0.2, 0.25) is 5.02 Å². The number of nitrogens with zero attached hydrogens (tertiary/aromatic N) is 3. The summed E-state index contributed by atoms with van der Waals surface area (Å²) >= 11 is 5.95. The van der Waals surface area contributed by atoms with E-state index in [2.05, 4.69) is 20.9 Å². The number of hydrogen-bond donors (Lipinski definition) is 2. The first-order valence-electron chi connectivity index (χ1n) is 8.79. The van der Waals surface area contributed by atoms with Gasteiger partial charge in [-0.1, -0.05) is 35.9 Å². The molecule has 1 aromatic heterocycles. The molecular weight excluding hydrogens is 338 g/mol. The molecule has 0 aliphatic carbocycles. The van der Waals surface area contributed by atoms with E-state index in [9.17, 15) is 4.79 Å². The highest BCUT2D eigenvalue weighted by Crippen LogP contribution is 2.22. The Morgan fingerprint density at radius 1 is 1.36 bits per heavy atom. The lowest BCUT2D eigenvalue weighted by Gasteiger charge is -2.23. The summed E-state index contributed by atoms with van der Waals surface area (Å²) in [7, 11) is 0. The van der Waals surface area contributed by atoms with Crippen LogP contribution in [0.1, 0.15) is 60.0 Å². The van der Waals surface area contributed by atoms with Crippen molar-refractivity contribution in [2.24, 2.45) is 0 Å². The van der Waals surface area contributed by atoms with Crippen LogP contribution in [0.3, 0.4) is 0 Å². The lowest BCUT2D eigenvalue weighted by molar-refractivity contribution is 0.0929. The Kier molecular flexibility index (Phi) is 5.71. The van der Waals surface area contributed by atoms with Gasteiger partial charge in [-0.25, -0.2) is 4.68 Å². The molecule has 1 atom stereocenters. The van der Waals surface area contributed by atoms with Gasteiger partial charge in [0.15, 0.2) is 5.69 Å². The Balaban J connectivity index is 1.74. The van der Waals surface area contributed by atoms with Gasteiger partial charge < -0.3 is 10.6 Å². The number of benzene rings is 1. The number of carbonyl (C=O) groups excluding carboxylic acids is 1. The molecule has 1 aliphatic heterocycles. The molecule has 0 spiro atoms. The van der Waals surface area contributed by atoms with Crippen molar-refractivity contribution in [3.63, 3.8) is 0 Å². The molecule has 6 nitrogen and oxygen atoms in total. The first kappa shape index (κ1) is 17.9. The lowest BCUT2D eigenvalue weighted by Crippen LogP contribution is -2.31. The Bertz CT molecular complexity index is 722. The number of carbonyl (C=O) groups is 1. The smallest absolute Gasteiger partial charge is 0.274 e. The van der Waals surface area contributed by atoms with E-state index in [0.717, 1.165) is 43.6 Å². The molecule has 2 aromatic rings. The van der Waals surface area contributed by atoms with Gasteiger partial charge in [0.2, 0.25) is 0 Å². The maximum absolute atomic E-state index is 12.7. The van der Waals surface area contributed by atoms with Gasteiger partial charge in [0.05, 0.1) is 17.8 Å². The summed E-state index contributed by atoms with van der Waals surface area (Å²) in [5, 5.41) is 15.5. The minimum atomic E-state index is -0.181. The van der Waals surface area contributed by atoms with Crippen LogP contribution >= 0.6 is 11.6 Å². The Morgan fingerprint density at radius 3 is 2.68 bits per heavy atom. The van der Waals surface area contributed by atoms with Crippen LogP contribution in [0.4, 0.5) is 0 Å². The number of piperidine rings is 1. The fourth-order valence-electron chi connectivity index (χ4n) is 3.29. The second kappa shape index (κ2) is 7.97. The van der Waals surface area contributed by atoms with Gasteiger partial charge in [-0.3, -0.25) is 4.79 Å². The van der Waals surface area contributed by atoms with E-state index in [4.69, 9.17) is 11.6 Å². The zero-order chi connectivity index (χ0) is 17.8. The Labute approximate surface area is 152 Å². The van der Waals surface area contributed by atoms with Crippen LogP contribution in [-0.2, 0) is 0 Å². The topological polar surface area (TPSA) is 71.8 Å². The maximum Gasteiger partial charge on any atom is 0.274 e. The van der Waals surface area contributed by atoms with Crippen LogP contribution in [0.15, 0.2) is 24.3 Å². The van der Waals surface area contributed by atoms with Crippen molar-refractivity contribution in [1.82, 2.24) is 25.6 Å². The molecule has 7 heteroatoms. The fourth-order valence-corrected chi connectivity index (χ4v) is 3.42. The first-order valence-corrected chi connectivity index (χ1v) is 9.16. The number of aromatic nitrogens is 3. The second-order valence-electron chi connectivity index (χ2n) is 6.44. The molecular formula is C18H24ClN5O. The largest absolute Gasteiger partial charge is 0.344 e. The molecule has 2 heterocycles. The zero-order valence-corrected chi connectivity index (χ0v) is 15.4. The van der Waals surface area contributed by atoms with Crippen LogP contribution < -0.4 is 10.6 Å². The van der Waals surface area contributed by atoms with E-state index < -0.39 is 0 Å². The summed E-state index contributed by atoms with van der Waals surface area (Å²) in [4.78, 5) is 12.7. The first-order chi connectivity index (χ1) is 12.1. The molecule has 1 amide bonds. The van der Waals surface area contributed by atoms with Crippen LogP contribution in [0.25, 0.3) is 0 Å². The standard InChI is InChI=1S/C18H24ClN5O/c1-3-16(13-4-6-14(19)7-5-13)21-18(25)17-12(2)24(23-22-17)15-8-10-20-11-9-15/h4-7,15-16,20H,3,8-11H2,1-2H3,(H,21,25). The molecule has 2 N–H and O–H groups in total. The van der Waals surface area contributed by atoms with Gasteiger partial charge in [0.25, 0.3) is 5.91 Å². The monoisotopic (exact) mass is 361 g/mol. The van der Waals surface area contributed by atoms with Crippen molar-refractivity contribution in [1.29, 1.82) is 0 Å². The molecule has 1 fully saturated rings. The van der Waals surface area contributed by atoms with Gasteiger partial charge >= 0.3 is 0 Å². The number of hydrogen-bond acceptors (Lipinski definition) is 4. The van der Waals surface area contributed by atoms with E-state index in [1.165, 1.54) is 0 Å². The van der Waals surface area contributed by atoms with E-state index >= 15 is 0 Å². The van der Waals surface area contributed by atoms with Crippen LogP contribution in [-0.4, -0.2) is 34.0 Å². The molecule has 25 heavy (non-hydrogen) atoms. The van der Waals surface area contributed by atoms with Crippen LogP contribution in [0, 0.1) is 6.92 Å². The van der Waals surface area contributed by atoms with Gasteiger partial charge in [-0.05, 0) is 57.0 Å². The maximum atomic E-state index is 12.7. The van der Waals surface area contributed by atoms with Crippen LogP contribution in [0.5, 0.6) is 0 Å². The molecule has 1 saturated heterocycles. The summed E-state index contributed by atoms with van der Waals surface area (Å²) in [5.41, 5.74) is 2.27. The summed E-state index contributed by atoms with van der Waals surface area (Å²) in [6.07, 6.45) is 2.80. The van der Waals surface area contributed by atoms with Gasteiger partial charge in [-0.2, -0.15) is 0 Å². The third-order valence-corrected chi connectivity index (χ3v) is 5.03. The highest BCUT2D eigenvalue weighted by molar-refractivity contribution is 6.30. The van der Waals surface area contributed by atoms with Gasteiger partial charge in [0, 0.05) is 5.02 Å². The summed E-state index contributed by atoms with van der Waals surface area (Å²) < 4.78 is 1.90. The fraction of sp³-hybridized carbons (Fsp3) is 0.500. The molecule has 0 radical (unpaired) electrons. The van der Waals surface area contributed by atoms with E-state index in [1.54, 1.807) is 0 Å². The Morgan fingerprint density at radius 2 is 2.04 bits per heavy atom. The predicted molar refractivity (Wildman–Crippen MR) is 97.8 cm³/mol. The minimum absolute atomic E-state index is 0.0757. The van der Waals surface area contributed by atoms with Crippen molar-refractivity contribution in [2.75, 3.05) is 13.1 Å². The van der Waals surface area contributed by atoms with E-state index in [0.29, 0.717) is 16.8 Å². The van der Waals surface area contributed by atoms with Gasteiger partial charge in [0.1, 0.15) is 0 Å². The average molecular weight is 362 g/mol. The number of rotatable bonds is 5. The Hall–Kier alpha value is -1.92. The van der Waals surface area contributed by atoms with Gasteiger partial charge in [-0.15, -0.1) is 5.10 Å². The molecule has 1 unspecified atom stereocenters. The quantitative estimate of drug-likeness (QED) is 0.858. The summed E-state index contributed by atoms with van der Waals surface area (Å²) in [5.74, 6) is -0.181. The number of nitrogens with one attached hydrogen (secondary N) is 2. The second-order valence-corrected chi connectivity index (χ2v) is 6.87. The van der Waals surface area contributed by atoms with Crippen molar-refractivity contribution in [3.8, 4) is 0 Å². The third-order valence-electron chi connectivity index (χ3n) is 4.78. The SMILES string of the molecule is CCC(NC(=O)c1nnn(C2CCNCC2)c1C)c1ccc(Cl)cc1. The van der Waals surface area contributed by atoms with E-state index in [1.807, 2.05) is 42.8 Å². The van der Waals surface area contributed by atoms with E-state index in [-0.39, 0.29) is 11.9 Å². The van der Waals surface area contributed by atoms with Crippen molar-refractivity contribution in [2.45, 2.75) is 45.2 Å². The molecule has 0 bridgehead atoms. The number of halogens is 1. The summed E-state index contributed by atoms with van der Waals surface area (Å²) in [6.45, 7) is 5.90.